The van der Waals surface area contributed by atoms with Gasteiger partial charge in [0.15, 0.2) is 0 Å². The lowest BCUT2D eigenvalue weighted by molar-refractivity contribution is 0.627. The average Bonchev–Trinajstić information content (AvgIpc) is 2.32. The van der Waals surface area contributed by atoms with Crippen molar-refractivity contribution in [3.8, 4) is 0 Å². The van der Waals surface area contributed by atoms with Gasteiger partial charge in [0.05, 0.1) is 0 Å². The smallest absolute Gasteiger partial charge is 0.123 e. The summed E-state index contributed by atoms with van der Waals surface area (Å²) in [6.45, 7) is 8.33. The van der Waals surface area contributed by atoms with E-state index in [9.17, 15) is 4.39 Å². The van der Waals surface area contributed by atoms with Gasteiger partial charge < -0.3 is 5.32 Å². The monoisotopic (exact) mass is 313 g/mol. The largest absolute Gasteiger partial charge is 0.313 e. The van der Waals surface area contributed by atoms with Crippen LogP contribution in [0.1, 0.15) is 32.8 Å². The molecule has 0 atom stereocenters. The van der Waals surface area contributed by atoms with E-state index in [0.717, 1.165) is 29.5 Å². The molecule has 1 aromatic carbocycles. The van der Waals surface area contributed by atoms with Crippen molar-refractivity contribution in [1.82, 2.24) is 5.32 Å². The van der Waals surface area contributed by atoms with Crippen LogP contribution in [0, 0.1) is 11.7 Å². The van der Waals surface area contributed by atoms with Crippen molar-refractivity contribution < 1.29 is 4.39 Å². The van der Waals surface area contributed by atoms with Crippen molar-refractivity contribution in [3.05, 3.63) is 39.6 Å². The van der Waals surface area contributed by atoms with E-state index in [2.05, 4.69) is 48.1 Å². The Morgan fingerprint density at radius 2 is 2.17 bits per heavy atom. The summed E-state index contributed by atoms with van der Waals surface area (Å²) in [6, 6.07) is 4.77. The van der Waals surface area contributed by atoms with Crippen LogP contribution in [0.4, 0.5) is 4.39 Å². The van der Waals surface area contributed by atoms with Crippen molar-refractivity contribution in [2.75, 3.05) is 13.1 Å². The third kappa shape index (κ3) is 4.91. The Morgan fingerprint density at radius 1 is 1.44 bits per heavy atom. The Morgan fingerprint density at radius 3 is 2.78 bits per heavy atom. The highest BCUT2D eigenvalue weighted by molar-refractivity contribution is 9.10. The Balaban J connectivity index is 2.89. The molecule has 0 spiro atoms. The first-order chi connectivity index (χ1) is 8.54. The lowest BCUT2D eigenvalue weighted by atomic mass is 10.00. The Kier molecular flexibility index (Phi) is 6.58. The van der Waals surface area contributed by atoms with E-state index in [1.165, 1.54) is 11.6 Å². The van der Waals surface area contributed by atoms with E-state index in [1.54, 1.807) is 12.1 Å². The van der Waals surface area contributed by atoms with Crippen LogP contribution in [0.25, 0.3) is 6.08 Å². The van der Waals surface area contributed by atoms with Gasteiger partial charge in [0, 0.05) is 11.0 Å². The first-order valence-electron chi connectivity index (χ1n) is 6.40. The number of benzene rings is 1. The van der Waals surface area contributed by atoms with E-state index in [1.807, 2.05) is 0 Å². The minimum atomic E-state index is -0.200. The summed E-state index contributed by atoms with van der Waals surface area (Å²) >= 11 is 3.46. The molecule has 0 fully saturated rings. The predicted molar refractivity (Wildman–Crippen MR) is 80.1 cm³/mol. The topological polar surface area (TPSA) is 12.0 Å². The van der Waals surface area contributed by atoms with Crippen LogP contribution >= 0.6 is 15.9 Å². The molecule has 0 aliphatic rings. The summed E-state index contributed by atoms with van der Waals surface area (Å²) in [6.07, 6.45) is 3.19. The van der Waals surface area contributed by atoms with Crippen LogP contribution in [0.15, 0.2) is 28.2 Å². The zero-order valence-corrected chi connectivity index (χ0v) is 12.8. The van der Waals surface area contributed by atoms with Crippen LogP contribution in [0.3, 0.4) is 0 Å². The van der Waals surface area contributed by atoms with E-state index in [4.69, 9.17) is 0 Å². The lowest BCUT2D eigenvalue weighted by Crippen LogP contribution is -2.19. The van der Waals surface area contributed by atoms with Crippen LogP contribution in [-0.2, 0) is 0 Å². The first kappa shape index (κ1) is 15.4. The number of rotatable bonds is 6. The van der Waals surface area contributed by atoms with Crippen LogP contribution < -0.4 is 5.32 Å². The molecule has 1 N–H and O–H groups in total. The van der Waals surface area contributed by atoms with Gasteiger partial charge in [-0.2, -0.15) is 0 Å². The van der Waals surface area contributed by atoms with Crippen LogP contribution in [-0.4, -0.2) is 13.1 Å². The number of hydrogen-bond donors (Lipinski definition) is 1. The first-order valence-corrected chi connectivity index (χ1v) is 7.20. The third-order valence-corrected chi connectivity index (χ3v) is 3.52. The van der Waals surface area contributed by atoms with Gasteiger partial charge in [0.1, 0.15) is 5.82 Å². The molecule has 100 valence electrons. The molecule has 0 heterocycles. The van der Waals surface area contributed by atoms with Crippen LogP contribution in [0.5, 0.6) is 0 Å². The second kappa shape index (κ2) is 7.70. The van der Waals surface area contributed by atoms with Gasteiger partial charge >= 0.3 is 0 Å². The van der Waals surface area contributed by atoms with Crippen molar-refractivity contribution in [1.29, 1.82) is 0 Å². The summed E-state index contributed by atoms with van der Waals surface area (Å²) < 4.78 is 14.2. The molecule has 0 saturated heterocycles. The van der Waals surface area contributed by atoms with Crippen molar-refractivity contribution >= 4 is 22.0 Å². The average molecular weight is 314 g/mol. The molecular weight excluding hydrogens is 293 g/mol. The van der Waals surface area contributed by atoms with Crippen molar-refractivity contribution in [3.63, 3.8) is 0 Å². The normalized spacial score (nSPS) is 12.2. The maximum absolute atomic E-state index is 13.2. The highest BCUT2D eigenvalue weighted by atomic mass is 79.9. The fourth-order valence-corrected chi connectivity index (χ4v) is 2.02. The molecule has 0 amide bonds. The van der Waals surface area contributed by atoms with Crippen molar-refractivity contribution in [2.45, 2.75) is 27.2 Å². The molecule has 0 unspecified atom stereocenters. The fraction of sp³-hybridized carbons (Fsp3) is 0.467. The summed E-state index contributed by atoms with van der Waals surface area (Å²) in [7, 11) is 0. The minimum absolute atomic E-state index is 0.200. The summed E-state index contributed by atoms with van der Waals surface area (Å²) in [5, 5.41) is 3.39. The second-order valence-corrected chi connectivity index (χ2v) is 5.57. The summed E-state index contributed by atoms with van der Waals surface area (Å²) in [4.78, 5) is 0. The van der Waals surface area contributed by atoms with Gasteiger partial charge in [-0.15, -0.1) is 0 Å². The molecule has 1 nitrogen and oxygen atoms in total. The van der Waals surface area contributed by atoms with E-state index in [-0.39, 0.29) is 5.82 Å². The van der Waals surface area contributed by atoms with Gasteiger partial charge in [0.2, 0.25) is 0 Å². The molecule has 0 aromatic heterocycles. The van der Waals surface area contributed by atoms with Gasteiger partial charge in [-0.25, -0.2) is 4.39 Å². The minimum Gasteiger partial charge on any atom is -0.313 e. The van der Waals surface area contributed by atoms with E-state index in [0.29, 0.717) is 5.92 Å². The Hall–Kier alpha value is -0.670. The van der Waals surface area contributed by atoms with Gasteiger partial charge in [0.25, 0.3) is 0 Å². The zero-order chi connectivity index (χ0) is 13.5. The Labute approximate surface area is 118 Å². The molecule has 0 bridgehead atoms. The SMILES string of the molecule is CCCNC/C(=C/c1cc(F)ccc1Br)C(C)C. The van der Waals surface area contributed by atoms with E-state index < -0.39 is 0 Å². The highest BCUT2D eigenvalue weighted by Crippen LogP contribution is 2.22. The maximum Gasteiger partial charge on any atom is 0.123 e. The second-order valence-electron chi connectivity index (χ2n) is 4.72. The Bertz CT molecular complexity index is 413. The fourth-order valence-electron chi connectivity index (χ4n) is 1.66. The van der Waals surface area contributed by atoms with Gasteiger partial charge in [-0.3, -0.25) is 0 Å². The summed E-state index contributed by atoms with van der Waals surface area (Å²) in [5.41, 5.74) is 2.19. The summed E-state index contributed by atoms with van der Waals surface area (Å²) in [5.74, 6) is 0.249. The molecule has 0 aliphatic heterocycles. The predicted octanol–water partition coefficient (Wildman–Crippen LogP) is 4.63. The maximum atomic E-state index is 13.2. The molecular formula is C15H21BrFN. The van der Waals surface area contributed by atoms with Crippen LogP contribution in [0.2, 0.25) is 0 Å². The molecule has 0 radical (unpaired) electrons. The molecule has 3 heteroatoms. The molecule has 18 heavy (non-hydrogen) atoms. The highest BCUT2D eigenvalue weighted by Gasteiger charge is 2.05. The molecule has 0 saturated carbocycles. The van der Waals surface area contributed by atoms with Gasteiger partial charge in [-0.05, 0) is 42.6 Å². The molecule has 1 aromatic rings. The van der Waals surface area contributed by atoms with E-state index >= 15 is 0 Å². The molecule has 1 rings (SSSR count). The number of hydrogen-bond acceptors (Lipinski definition) is 1. The number of nitrogens with one attached hydrogen (secondary N) is 1. The van der Waals surface area contributed by atoms with Crippen molar-refractivity contribution in [2.24, 2.45) is 5.92 Å². The number of halogens is 2. The standard InChI is InChI=1S/C15H21BrFN/c1-4-7-18-10-13(11(2)3)8-12-9-14(17)5-6-15(12)16/h5-6,8-9,11,18H,4,7,10H2,1-3H3/b13-8-. The zero-order valence-electron chi connectivity index (χ0n) is 11.3. The molecule has 0 aliphatic carbocycles. The third-order valence-electron chi connectivity index (χ3n) is 2.80. The quantitative estimate of drug-likeness (QED) is 0.755. The lowest BCUT2D eigenvalue weighted by Gasteiger charge is -2.13. The van der Waals surface area contributed by atoms with Gasteiger partial charge in [-0.1, -0.05) is 48.4 Å².